The molecule has 1 aromatic heterocycles. The van der Waals surface area contributed by atoms with E-state index >= 15 is 0 Å². The number of aromatic nitrogens is 2. The lowest BCUT2D eigenvalue weighted by atomic mass is 10.0. The van der Waals surface area contributed by atoms with Crippen molar-refractivity contribution in [3.63, 3.8) is 0 Å². The minimum Gasteiger partial charge on any atom is -0.369 e. The molecular weight excluding hydrogens is 460 g/mol. The van der Waals surface area contributed by atoms with Crippen LogP contribution in [0.4, 0.5) is 11.5 Å². The largest absolute Gasteiger partial charge is 0.369 e. The molecule has 0 bridgehead atoms. The lowest BCUT2D eigenvalue weighted by Crippen LogP contribution is -2.47. The summed E-state index contributed by atoms with van der Waals surface area (Å²) < 4.78 is 0. The highest BCUT2D eigenvalue weighted by Crippen LogP contribution is 2.27. The number of anilines is 1. The van der Waals surface area contributed by atoms with Crippen molar-refractivity contribution in [3.05, 3.63) is 82.4 Å². The summed E-state index contributed by atoms with van der Waals surface area (Å²) in [5.74, 6) is 0.726. The second-order valence-electron chi connectivity index (χ2n) is 8.82. The number of halogens is 1. The minimum absolute atomic E-state index is 0.102. The van der Waals surface area contributed by atoms with Crippen molar-refractivity contribution in [1.29, 1.82) is 0 Å². The first-order valence-electron chi connectivity index (χ1n) is 11.6. The fourth-order valence-corrected chi connectivity index (χ4v) is 4.57. The second-order valence-corrected chi connectivity index (χ2v) is 9.16. The summed E-state index contributed by atoms with van der Waals surface area (Å²) in [5, 5.41) is 6.46. The number of nitrogens with one attached hydrogen (secondary N) is 1. The summed E-state index contributed by atoms with van der Waals surface area (Å²) >= 11 is 6.10. The molecular formula is C27H25ClN6O. The first-order chi connectivity index (χ1) is 17.0. The molecule has 7 nitrogen and oxygen atoms in total. The fraction of sp³-hybridized carbons (Fsp3) is 0.259. The molecule has 3 aromatic carbocycles. The van der Waals surface area contributed by atoms with E-state index in [1.165, 1.54) is 5.56 Å². The van der Waals surface area contributed by atoms with Gasteiger partial charge in [0, 0.05) is 43.7 Å². The quantitative estimate of drug-likeness (QED) is 0.318. The topological polar surface area (TPSA) is 65.7 Å². The first-order valence-corrected chi connectivity index (χ1v) is 12.0. The van der Waals surface area contributed by atoms with Gasteiger partial charge in [0.2, 0.25) is 5.28 Å². The number of fused-ring (bicyclic) bond motifs is 2. The lowest BCUT2D eigenvalue weighted by molar-refractivity contribution is 0.0664. The number of piperazine rings is 1. The van der Waals surface area contributed by atoms with Crippen molar-refractivity contribution in [3.8, 4) is 0 Å². The average molecular weight is 485 g/mol. The van der Waals surface area contributed by atoms with E-state index < -0.39 is 0 Å². The molecule has 0 unspecified atom stereocenters. The Balaban J connectivity index is 1.28. The van der Waals surface area contributed by atoms with E-state index in [-0.39, 0.29) is 11.2 Å². The van der Waals surface area contributed by atoms with Crippen LogP contribution in [0.25, 0.3) is 26.5 Å². The van der Waals surface area contributed by atoms with Gasteiger partial charge < -0.3 is 15.1 Å². The van der Waals surface area contributed by atoms with Crippen LogP contribution in [0.15, 0.2) is 54.6 Å². The summed E-state index contributed by atoms with van der Waals surface area (Å²) in [4.78, 5) is 29.2. The number of carbonyl (C=O) groups is 1. The van der Waals surface area contributed by atoms with E-state index in [0.717, 1.165) is 54.3 Å². The number of hydrogen-bond donors (Lipinski definition) is 1. The van der Waals surface area contributed by atoms with Crippen LogP contribution in [-0.4, -0.2) is 65.4 Å². The van der Waals surface area contributed by atoms with Crippen LogP contribution in [0.5, 0.6) is 0 Å². The summed E-state index contributed by atoms with van der Waals surface area (Å²) in [6, 6.07) is 17.5. The van der Waals surface area contributed by atoms with E-state index in [0.29, 0.717) is 23.6 Å². The molecule has 1 N–H and O–H groups in total. The number of benzene rings is 3. The zero-order chi connectivity index (χ0) is 24.4. The number of carbonyl (C=O) groups excluding carboxylic acids is 1. The van der Waals surface area contributed by atoms with Crippen molar-refractivity contribution in [2.45, 2.75) is 6.42 Å². The Hall–Kier alpha value is -3.73. The molecule has 0 atom stereocenters. The van der Waals surface area contributed by atoms with Gasteiger partial charge in [-0.1, -0.05) is 30.3 Å². The summed E-state index contributed by atoms with van der Waals surface area (Å²) in [5.41, 5.74) is 3.15. The Kier molecular flexibility index (Phi) is 6.49. The van der Waals surface area contributed by atoms with E-state index in [1.54, 1.807) is 18.2 Å². The standard InChI is InChI=1S/C27H25ClN6O/c1-29-22-7-8-24-23(17-22)25(32-27(28)31-24)30-10-9-18-3-4-20-16-21(6-5-19(20)15-18)26(35)34-13-11-33(2)12-14-34/h3-8,15-17H,9-14H2,2H3,(H,30,31,32). The Morgan fingerprint density at radius 2 is 1.80 bits per heavy atom. The molecule has 35 heavy (non-hydrogen) atoms. The van der Waals surface area contributed by atoms with Gasteiger partial charge in [0.05, 0.1) is 12.1 Å². The third kappa shape index (κ3) is 5.04. The predicted octanol–water partition coefficient (Wildman–Crippen LogP) is 5.03. The number of amides is 1. The Morgan fingerprint density at radius 1 is 1.03 bits per heavy atom. The van der Waals surface area contributed by atoms with E-state index in [1.807, 2.05) is 23.1 Å². The second kappa shape index (κ2) is 9.87. The molecule has 2 heterocycles. The molecule has 1 aliphatic heterocycles. The summed E-state index contributed by atoms with van der Waals surface area (Å²) in [6.07, 6.45) is 0.781. The van der Waals surface area contributed by atoms with E-state index in [4.69, 9.17) is 18.2 Å². The molecule has 0 saturated carbocycles. The number of nitrogens with zero attached hydrogens (tertiary/aromatic N) is 5. The van der Waals surface area contributed by atoms with Crippen molar-refractivity contribution in [2.24, 2.45) is 0 Å². The average Bonchev–Trinajstić information content (AvgIpc) is 2.88. The molecule has 5 rings (SSSR count). The van der Waals surface area contributed by atoms with Crippen molar-refractivity contribution in [1.82, 2.24) is 19.8 Å². The van der Waals surface area contributed by atoms with Crippen molar-refractivity contribution >= 4 is 50.7 Å². The molecule has 0 radical (unpaired) electrons. The smallest absolute Gasteiger partial charge is 0.253 e. The monoisotopic (exact) mass is 484 g/mol. The van der Waals surface area contributed by atoms with Gasteiger partial charge in [0.15, 0.2) is 5.69 Å². The highest BCUT2D eigenvalue weighted by atomic mass is 35.5. The molecule has 4 aromatic rings. The van der Waals surface area contributed by atoms with Crippen molar-refractivity contribution < 1.29 is 4.79 Å². The highest BCUT2D eigenvalue weighted by molar-refractivity contribution is 6.28. The molecule has 176 valence electrons. The third-order valence-electron chi connectivity index (χ3n) is 6.43. The highest BCUT2D eigenvalue weighted by Gasteiger charge is 2.20. The molecule has 1 aliphatic rings. The number of rotatable bonds is 5. The van der Waals surface area contributed by atoms with Crippen LogP contribution < -0.4 is 5.32 Å². The maximum Gasteiger partial charge on any atom is 0.253 e. The minimum atomic E-state index is 0.102. The van der Waals surface area contributed by atoms with Gasteiger partial charge in [-0.25, -0.2) is 14.8 Å². The van der Waals surface area contributed by atoms with Gasteiger partial charge in [-0.2, -0.15) is 0 Å². The van der Waals surface area contributed by atoms with E-state index in [2.05, 4.69) is 50.3 Å². The summed E-state index contributed by atoms with van der Waals surface area (Å²) in [6.45, 7) is 11.3. The van der Waals surface area contributed by atoms with Crippen LogP contribution >= 0.6 is 11.6 Å². The fourth-order valence-electron chi connectivity index (χ4n) is 4.39. The molecule has 1 saturated heterocycles. The van der Waals surface area contributed by atoms with Gasteiger partial charge in [-0.05, 0) is 65.7 Å². The number of hydrogen-bond acceptors (Lipinski definition) is 5. The third-order valence-corrected chi connectivity index (χ3v) is 6.60. The van der Waals surface area contributed by atoms with Gasteiger partial charge in [-0.3, -0.25) is 4.79 Å². The molecule has 0 spiro atoms. The summed E-state index contributed by atoms with van der Waals surface area (Å²) in [7, 11) is 2.08. The van der Waals surface area contributed by atoms with E-state index in [9.17, 15) is 4.79 Å². The Labute approximate surface area is 209 Å². The van der Waals surface area contributed by atoms with Crippen LogP contribution in [0.2, 0.25) is 5.28 Å². The van der Waals surface area contributed by atoms with Gasteiger partial charge >= 0.3 is 0 Å². The number of likely N-dealkylation sites (N-methyl/N-ethyl adjacent to an activating group) is 1. The Morgan fingerprint density at radius 3 is 2.60 bits per heavy atom. The predicted molar refractivity (Wildman–Crippen MR) is 140 cm³/mol. The molecule has 8 heteroatoms. The maximum atomic E-state index is 12.9. The first kappa shape index (κ1) is 23.0. The maximum absolute atomic E-state index is 12.9. The molecule has 1 amide bonds. The van der Waals surface area contributed by atoms with Gasteiger partial charge in [0.1, 0.15) is 5.82 Å². The zero-order valence-electron chi connectivity index (χ0n) is 19.5. The van der Waals surface area contributed by atoms with Crippen LogP contribution in [0.1, 0.15) is 15.9 Å². The molecule has 1 fully saturated rings. The lowest BCUT2D eigenvalue weighted by Gasteiger charge is -2.32. The Bertz CT molecular complexity index is 1460. The van der Waals surface area contributed by atoms with Gasteiger partial charge in [-0.15, -0.1) is 0 Å². The van der Waals surface area contributed by atoms with Gasteiger partial charge in [0.25, 0.3) is 5.91 Å². The van der Waals surface area contributed by atoms with Crippen LogP contribution in [0.3, 0.4) is 0 Å². The van der Waals surface area contributed by atoms with Crippen LogP contribution in [0, 0.1) is 6.57 Å². The van der Waals surface area contributed by atoms with Crippen LogP contribution in [-0.2, 0) is 6.42 Å². The molecule has 0 aliphatic carbocycles. The van der Waals surface area contributed by atoms with Crippen molar-refractivity contribution in [2.75, 3.05) is 45.1 Å². The SMILES string of the molecule is [C-]#[N+]c1ccc2nc(Cl)nc(NCCc3ccc4cc(C(=O)N5CCN(C)CC5)ccc4c3)c2c1. The normalized spacial score (nSPS) is 14.3. The zero-order valence-corrected chi connectivity index (χ0v) is 20.2.